The normalized spacial score (nSPS) is 16.8. The molecule has 1 fully saturated rings. The topological polar surface area (TPSA) is 24.1 Å². The van der Waals surface area contributed by atoms with Crippen LogP contribution in [0.5, 0.6) is 0 Å². The highest BCUT2D eigenvalue weighted by molar-refractivity contribution is 6.30. The van der Waals surface area contributed by atoms with Gasteiger partial charge in [0.2, 0.25) is 0 Å². The molecule has 2 N–H and O–H groups in total. The predicted molar refractivity (Wildman–Crippen MR) is 71.4 cm³/mol. The van der Waals surface area contributed by atoms with Crippen LogP contribution < -0.4 is 10.6 Å². The van der Waals surface area contributed by atoms with Crippen LogP contribution in [0.15, 0.2) is 24.3 Å². The van der Waals surface area contributed by atoms with Crippen molar-refractivity contribution in [1.82, 2.24) is 10.6 Å². The smallest absolute Gasteiger partial charge is 0.0409 e. The van der Waals surface area contributed by atoms with Crippen molar-refractivity contribution in [2.45, 2.75) is 25.4 Å². The van der Waals surface area contributed by atoms with Crippen molar-refractivity contribution < 1.29 is 0 Å². The molecule has 4 heteroatoms. The van der Waals surface area contributed by atoms with Crippen LogP contribution in [-0.4, -0.2) is 19.1 Å². The second kappa shape index (κ2) is 7.13. The lowest BCUT2D eigenvalue weighted by Gasteiger charge is -2.23. The molecule has 0 aromatic heterocycles. The number of benzene rings is 1. The molecule has 0 saturated carbocycles. The number of hydrogen-bond donors (Lipinski definition) is 2. The van der Waals surface area contributed by atoms with E-state index in [1.165, 1.54) is 18.4 Å². The van der Waals surface area contributed by atoms with Gasteiger partial charge < -0.3 is 10.6 Å². The highest BCUT2D eigenvalue weighted by Gasteiger charge is 2.11. The average molecular weight is 261 g/mol. The van der Waals surface area contributed by atoms with E-state index in [1.807, 2.05) is 18.2 Å². The minimum Gasteiger partial charge on any atom is -0.317 e. The first-order chi connectivity index (χ1) is 7.34. The van der Waals surface area contributed by atoms with E-state index < -0.39 is 0 Å². The summed E-state index contributed by atoms with van der Waals surface area (Å²) in [5.74, 6) is 0. The standard InChI is InChI=1S/C12H17ClN2.ClH/c13-11-3-1-2-10(8-11)9-15-12-4-6-14-7-5-12;/h1-3,8,12,14-15H,4-7,9H2;1H. The quantitative estimate of drug-likeness (QED) is 0.874. The molecule has 1 aromatic carbocycles. The van der Waals surface area contributed by atoms with Crippen LogP contribution in [0.2, 0.25) is 5.02 Å². The van der Waals surface area contributed by atoms with Crippen LogP contribution >= 0.6 is 24.0 Å². The monoisotopic (exact) mass is 260 g/mol. The number of piperidine rings is 1. The Morgan fingerprint density at radius 1 is 1.31 bits per heavy atom. The van der Waals surface area contributed by atoms with Crippen LogP contribution in [0.4, 0.5) is 0 Å². The van der Waals surface area contributed by atoms with E-state index >= 15 is 0 Å². The third-order valence-electron chi connectivity index (χ3n) is 2.82. The number of nitrogens with one attached hydrogen (secondary N) is 2. The number of halogens is 2. The van der Waals surface area contributed by atoms with Gasteiger partial charge in [-0.25, -0.2) is 0 Å². The van der Waals surface area contributed by atoms with E-state index in [-0.39, 0.29) is 12.4 Å². The summed E-state index contributed by atoms with van der Waals surface area (Å²) < 4.78 is 0. The molecule has 1 aliphatic heterocycles. The van der Waals surface area contributed by atoms with Crippen molar-refractivity contribution in [2.75, 3.05) is 13.1 Å². The maximum absolute atomic E-state index is 5.93. The molecule has 2 nitrogen and oxygen atoms in total. The first-order valence-corrected chi connectivity index (χ1v) is 5.91. The van der Waals surface area contributed by atoms with Gasteiger partial charge >= 0.3 is 0 Å². The fraction of sp³-hybridized carbons (Fsp3) is 0.500. The summed E-state index contributed by atoms with van der Waals surface area (Å²) in [5, 5.41) is 7.75. The molecule has 1 aliphatic rings. The molecule has 0 radical (unpaired) electrons. The van der Waals surface area contributed by atoms with E-state index in [0.29, 0.717) is 6.04 Å². The molecule has 16 heavy (non-hydrogen) atoms. The average Bonchev–Trinajstić information content (AvgIpc) is 2.28. The van der Waals surface area contributed by atoms with Crippen molar-refractivity contribution in [1.29, 1.82) is 0 Å². The summed E-state index contributed by atoms with van der Waals surface area (Å²) >= 11 is 5.93. The molecule has 90 valence electrons. The van der Waals surface area contributed by atoms with Gasteiger partial charge in [0.15, 0.2) is 0 Å². The van der Waals surface area contributed by atoms with Crippen LogP contribution in [-0.2, 0) is 6.54 Å². The Hall–Kier alpha value is -0.280. The van der Waals surface area contributed by atoms with E-state index in [4.69, 9.17) is 11.6 Å². The van der Waals surface area contributed by atoms with Gasteiger partial charge in [0.05, 0.1) is 0 Å². The van der Waals surface area contributed by atoms with Gasteiger partial charge in [-0.3, -0.25) is 0 Å². The summed E-state index contributed by atoms with van der Waals surface area (Å²) in [7, 11) is 0. The summed E-state index contributed by atoms with van der Waals surface area (Å²) in [6, 6.07) is 8.71. The Balaban J connectivity index is 0.00000128. The molecular formula is C12H18Cl2N2. The second-order valence-electron chi connectivity index (χ2n) is 4.04. The zero-order valence-electron chi connectivity index (χ0n) is 9.21. The van der Waals surface area contributed by atoms with E-state index in [1.54, 1.807) is 0 Å². The first-order valence-electron chi connectivity index (χ1n) is 5.53. The highest BCUT2D eigenvalue weighted by Crippen LogP contribution is 2.11. The van der Waals surface area contributed by atoms with Gasteiger partial charge in [-0.1, -0.05) is 23.7 Å². The highest BCUT2D eigenvalue weighted by atomic mass is 35.5. The Bertz CT molecular complexity index is 312. The van der Waals surface area contributed by atoms with Crippen molar-refractivity contribution in [3.63, 3.8) is 0 Å². The molecule has 1 aromatic rings. The third kappa shape index (κ3) is 4.30. The van der Waals surface area contributed by atoms with Gasteiger partial charge in [-0.15, -0.1) is 12.4 Å². The molecule has 0 spiro atoms. The molecule has 1 saturated heterocycles. The van der Waals surface area contributed by atoms with Gasteiger partial charge in [-0.2, -0.15) is 0 Å². The van der Waals surface area contributed by atoms with Crippen LogP contribution in [0.3, 0.4) is 0 Å². The van der Waals surface area contributed by atoms with Crippen LogP contribution in [0.25, 0.3) is 0 Å². The zero-order chi connectivity index (χ0) is 10.5. The summed E-state index contributed by atoms with van der Waals surface area (Å²) in [6.45, 7) is 3.19. The van der Waals surface area contributed by atoms with E-state index in [2.05, 4.69) is 16.7 Å². The Labute approximate surface area is 108 Å². The number of hydrogen-bond acceptors (Lipinski definition) is 2. The maximum atomic E-state index is 5.93. The zero-order valence-corrected chi connectivity index (χ0v) is 10.8. The van der Waals surface area contributed by atoms with E-state index in [0.717, 1.165) is 24.7 Å². The van der Waals surface area contributed by atoms with Gasteiger partial charge in [-0.05, 0) is 43.6 Å². The molecule has 0 atom stereocenters. The Morgan fingerprint density at radius 2 is 2.06 bits per heavy atom. The Kier molecular flexibility index (Phi) is 6.14. The van der Waals surface area contributed by atoms with Crippen LogP contribution in [0, 0.1) is 0 Å². The largest absolute Gasteiger partial charge is 0.317 e. The lowest BCUT2D eigenvalue weighted by molar-refractivity contribution is 0.386. The predicted octanol–water partition coefficient (Wildman–Crippen LogP) is 2.60. The maximum Gasteiger partial charge on any atom is 0.0409 e. The van der Waals surface area contributed by atoms with Gasteiger partial charge in [0.1, 0.15) is 0 Å². The van der Waals surface area contributed by atoms with Crippen molar-refractivity contribution in [3.05, 3.63) is 34.9 Å². The van der Waals surface area contributed by atoms with Gasteiger partial charge in [0.25, 0.3) is 0 Å². The fourth-order valence-electron chi connectivity index (χ4n) is 1.94. The van der Waals surface area contributed by atoms with Crippen molar-refractivity contribution in [2.24, 2.45) is 0 Å². The minimum absolute atomic E-state index is 0. The molecule has 1 heterocycles. The minimum atomic E-state index is 0. The molecule has 0 amide bonds. The summed E-state index contributed by atoms with van der Waals surface area (Å²) in [4.78, 5) is 0. The van der Waals surface area contributed by atoms with Gasteiger partial charge in [0, 0.05) is 17.6 Å². The molecule has 2 rings (SSSR count). The first kappa shape index (κ1) is 13.8. The second-order valence-corrected chi connectivity index (χ2v) is 4.47. The molecule has 0 unspecified atom stereocenters. The van der Waals surface area contributed by atoms with Crippen molar-refractivity contribution in [3.8, 4) is 0 Å². The summed E-state index contributed by atoms with van der Waals surface area (Å²) in [5.41, 5.74) is 1.26. The lowest BCUT2D eigenvalue weighted by Crippen LogP contribution is -2.39. The van der Waals surface area contributed by atoms with Crippen LogP contribution in [0.1, 0.15) is 18.4 Å². The lowest BCUT2D eigenvalue weighted by atomic mass is 10.1. The third-order valence-corrected chi connectivity index (χ3v) is 3.06. The Morgan fingerprint density at radius 3 is 2.75 bits per heavy atom. The SMILES string of the molecule is Cl.Clc1cccc(CNC2CCNCC2)c1. The summed E-state index contributed by atoms with van der Waals surface area (Å²) in [6.07, 6.45) is 2.45. The molecular weight excluding hydrogens is 243 g/mol. The van der Waals surface area contributed by atoms with E-state index in [9.17, 15) is 0 Å². The van der Waals surface area contributed by atoms with Crippen molar-refractivity contribution >= 4 is 24.0 Å². The molecule has 0 aliphatic carbocycles. The molecule has 0 bridgehead atoms. The number of rotatable bonds is 3. The fourth-order valence-corrected chi connectivity index (χ4v) is 2.15.